The molecule has 2 saturated carbocycles. The molecule has 2 aliphatic carbocycles. The fraction of sp³-hybridized carbons (Fsp3) is 1.00. The molecule has 2 heterocycles. The van der Waals surface area contributed by atoms with Crippen LogP contribution in [0.15, 0.2) is 0 Å². The highest BCUT2D eigenvalue weighted by molar-refractivity contribution is 4.97. The van der Waals surface area contributed by atoms with Crippen LogP contribution in [0.1, 0.15) is 51.4 Å². The van der Waals surface area contributed by atoms with Crippen LogP contribution in [0.25, 0.3) is 0 Å². The summed E-state index contributed by atoms with van der Waals surface area (Å²) >= 11 is 0. The van der Waals surface area contributed by atoms with E-state index in [1.165, 1.54) is 71.0 Å². The Hall–Kier alpha value is -0.0800. The van der Waals surface area contributed by atoms with E-state index < -0.39 is 0 Å². The molecule has 4 fully saturated rings. The summed E-state index contributed by atoms with van der Waals surface area (Å²) in [6.45, 7) is 4.18. The highest BCUT2D eigenvalue weighted by Gasteiger charge is 2.43. The summed E-state index contributed by atoms with van der Waals surface area (Å²) < 4.78 is 0. The van der Waals surface area contributed by atoms with E-state index in [1.807, 2.05) is 0 Å². The van der Waals surface area contributed by atoms with Crippen LogP contribution < -0.4 is 0 Å². The lowest BCUT2D eigenvalue weighted by molar-refractivity contribution is 0.0800. The topological polar surface area (TPSA) is 6.48 Å². The number of likely N-dealkylation sites (tertiary alicyclic amines) is 2. The maximum absolute atomic E-state index is 2.97. The van der Waals surface area contributed by atoms with Crippen LogP contribution in [0.2, 0.25) is 0 Å². The number of fused-ring (bicyclic) bond motifs is 2. The molecule has 0 N–H and O–H groups in total. The second-order valence-corrected chi connectivity index (χ2v) is 7.85. The maximum atomic E-state index is 2.97. The Balaban J connectivity index is 1.42. The van der Waals surface area contributed by atoms with Crippen LogP contribution in [-0.2, 0) is 0 Å². The van der Waals surface area contributed by atoms with Gasteiger partial charge in [0.25, 0.3) is 0 Å². The van der Waals surface area contributed by atoms with Crippen LogP contribution in [0.3, 0.4) is 0 Å². The minimum absolute atomic E-state index is 0.945. The average molecular weight is 262 g/mol. The van der Waals surface area contributed by atoms with E-state index in [0.29, 0.717) is 0 Å². The van der Waals surface area contributed by atoms with Crippen molar-refractivity contribution in [3.63, 3.8) is 0 Å². The molecule has 0 aromatic carbocycles. The van der Waals surface area contributed by atoms with Crippen molar-refractivity contribution in [1.29, 1.82) is 0 Å². The molecule has 2 saturated heterocycles. The molecule has 4 unspecified atom stereocenters. The Labute approximate surface area is 118 Å². The van der Waals surface area contributed by atoms with Crippen molar-refractivity contribution in [2.24, 2.45) is 17.8 Å². The molecule has 4 aliphatic rings. The zero-order chi connectivity index (χ0) is 12.8. The monoisotopic (exact) mass is 262 g/mol. The normalized spacial score (nSPS) is 48.2. The first-order valence-corrected chi connectivity index (χ1v) is 8.75. The van der Waals surface area contributed by atoms with E-state index in [-0.39, 0.29) is 0 Å². The van der Waals surface area contributed by atoms with Crippen molar-refractivity contribution in [2.45, 2.75) is 63.5 Å². The standard InChI is InChI=1S/C17H30N2/c1-18-11-14-6-7-16(10-15(14)12-18)19-9-8-13-4-2-3-5-17(13)19/h13-17H,2-12H2,1H3/t13?,14?,15?,16-,17?/m0/s1. The largest absolute Gasteiger partial charge is 0.306 e. The van der Waals surface area contributed by atoms with E-state index >= 15 is 0 Å². The molecular formula is C17H30N2. The van der Waals surface area contributed by atoms with E-state index in [1.54, 1.807) is 0 Å². The lowest BCUT2D eigenvalue weighted by Crippen LogP contribution is -2.45. The highest BCUT2D eigenvalue weighted by Crippen LogP contribution is 2.43. The van der Waals surface area contributed by atoms with Gasteiger partial charge in [-0.3, -0.25) is 4.90 Å². The van der Waals surface area contributed by atoms with Crippen molar-refractivity contribution >= 4 is 0 Å². The number of rotatable bonds is 1. The van der Waals surface area contributed by atoms with Crippen LogP contribution >= 0.6 is 0 Å². The molecule has 0 radical (unpaired) electrons. The third kappa shape index (κ3) is 2.25. The van der Waals surface area contributed by atoms with Crippen molar-refractivity contribution in [3.8, 4) is 0 Å². The van der Waals surface area contributed by atoms with Crippen molar-refractivity contribution in [2.75, 3.05) is 26.7 Å². The Morgan fingerprint density at radius 3 is 2.58 bits per heavy atom. The summed E-state index contributed by atoms with van der Waals surface area (Å²) in [4.78, 5) is 5.55. The summed E-state index contributed by atoms with van der Waals surface area (Å²) in [5, 5.41) is 0. The van der Waals surface area contributed by atoms with Gasteiger partial charge in [-0.25, -0.2) is 0 Å². The van der Waals surface area contributed by atoms with Gasteiger partial charge in [0.05, 0.1) is 0 Å². The summed E-state index contributed by atoms with van der Waals surface area (Å²) in [6, 6.07) is 1.93. The summed E-state index contributed by atoms with van der Waals surface area (Å²) in [6.07, 6.45) is 12.1. The molecule has 0 amide bonds. The minimum Gasteiger partial charge on any atom is -0.306 e. The van der Waals surface area contributed by atoms with Gasteiger partial charge in [-0.05, 0) is 69.9 Å². The summed E-state index contributed by atoms with van der Waals surface area (Å²) in [5.74, 6) is 3.12. The van der Waals surface area contributed by atoms with Crippen LogP contribution in [-0.4, -0.2) is 48.6 Å². The Morgan fingerprint density at radius 2 is 1.63 bits per heavy atom. The van der Waals surface area contributed by atoms with Crippen LogP contribution in [0.5, 0.6) is 0 Å². The predicted molar refractivity (Wildman–Crippen MR) is 79.2 cm³/mol. The third-order valence-electron chi connectivity index (χ3n) is 6.73. The Morgan fingerprint density at radius 1 is 0.789 bits per heavy atom. The second kappa shape index (κ2) is 5.04. The molecule has 19 heavy (non-hydrogen) atoms. The first-order valence-electron chi connectivity index (χ1n) is 8.75. The molecule has 0 aromatic heterocycles. The minimum atomic E-state index is 0.945. The first-order chi connectivity index (χ1) is 9.31. The summed E-state index contributed by atoms with van der Waals surface area (Å²) in [5.41, 5.74) is 0. The second-order valence-electron chi connectivity index (χ2n) is 7.85. The van der Waals surface area contributed by atoms with E-state index in [0.717, 1.165) is 29.8 Å². The van der Waals surface area contributed by atoms with Gasteiger partial charge >= 0.3 is 0 Å². The number of hydrogen-bond donors (Lipinski definition) is 0. The van der Waals surface area contributed by atoms with E-state index in [4.69, 9.17) is 0 Å². The van der Waals surface area contributed by atoms with Gasteiger partial charge < -0.3 is 4.90 Å². The quantitative estimate of drug-likeness (QED) is 0.717. The predicted octanol–water partition coefficient (Wildman–Crippen LogP) is 2.98. The maximum Gasteiger partial charge on any atom is 0.0127 e. The number of hydrogen-bond acceptors (Lipinski definition) is 2. The molecule has 0 bridgehead atoms. The van der Waals surface area contributed by atoms with Gasteiger partial charge in [0.15, 0.2) is 0 Å². The third-order valence-corrected chi connectivity index (χ3v) is 6.73. The van der Waals surface area contributed by atoms with E-state index in [9.17, 15) is 0 Å². The van der Waals surface area contributed by atoms with Gasteiger partial charge in [-0.15, -0.1) is 0 Å². The highest BCUT2D eigenvalue weighted by atomic mass is 15.2. The smallest absolute Gasteiger partial charge is 0.0127 e. The van der Waals surface area contributed by atoms with E-state index in [2.05, 4.69) is 16.8 Å². The molecule has 2 aliphatic heterocycles. The zero-order valence-corrected chi connectivity index (χ0v) is 12.6. The van der Waals surface area contributed by atoms with Gasteiger partial charge in [-0.2, -0.15) is 0 Å². The molecule has 0 aromatic rings. The molecule has 0 spiro atoms. The van der Waals surface area contributed by atoms with Crippen molar-refractivity contribution in [1.82, 2.24) is 9.80 Å². The summed E-state index contributed by atoms with van der Waals surface area (Å²) in [7, 11) is 2.32. The van der Waals surface area contributed by atoms with Gasteiger partial charge in [-0.1, -0.05) is 12.8 Å². The molecule has 2 nitrogen and oxygen atoms in total. The number of nitrogens with zero attached hydrogens (tertiary/aromatic N) is 2. The zero-order valence-electron chi connectivity index (χ0n) is 12.6. The lowest BCUT2D eigenvalue weighted by Gasteiger charge is -2.41. The van der Waals surface area contributed by atoms with Crippen molar-refractivity contribution in [3.05, 3.63) is 0 Å². The Kier molecular flexibility index (Phi) is 3.35. The van der Waals surface area contributed by atoms with Crippen LogP contribution in [0.4, 0.5) is 0 Å². The Bertz CT molecular complexity index is 329. The van der Waals surface area contributed by atoms with Crippen LogP contribution in [0, 0.1) is 17.8 Å². The average Bonchev–Trinajstić information content (AvgIpc) is 2.99. The molecule has 2 heteroatoms. The van der Waals surface area contributed by atoms with Gasteiger partial charge in [0.2, 0.25) is 0 Å². The van der Waals surface area contributed by atoms with Gasteiger partial charge in [0.1, 0.15) is 0 Å². The van der Waals surface area contributed by atoms with Gasteiger partial charge in [0, 0.05) is 25.2 Å². The van der Waals surface area contributed by atoms with Crippen molar-refractivity contribution < 1.29 is 0 Å². The first kappa shape index (κ1) is 12.6. The fourth-order valence-electron chi connectivity index (χ4n) is 5.84. The molecule has 5 atom stereocenters. The fourth-order valence-corrected chi connectivity index (χ4v) is 5.84. The molecular weight excluding hydrogens is 232 g/mol. The lowest BCUT2D eigenvalue weighted by atomic mass is 9.77. The SMILES string of the molecule is CN1CC2CC[C@H](N3CCC4CCCCC43)CC2C1. The molecule has 108 valence electrons. The molecule has 4 rings (SSSR count).